The number of halogens is 1. The van der Waals surface area contributed by atoms with E-state index in [0.29, 0.717) is 11.9 Å². The first-order chi connectivity index (χ1) is 9.29. The monoisotopic (exact) mass is 312 g/mol. The van der Waals surface area contributed by atoms with Crippen LogP contribution in [0.5, 0.6) is 0 Å². The molecule has 0 saturated carbocycles. The predicted octanol–water partition coefficient (Wildman–Crippen LogP) is 2.51. The molecular weight excluding hydrogens is 292 g/mol. The molecule has 1 N–H and O–H groups in total. The molecule has 2 aliphatic rings. The molecule has 1 aromatic rings. The number of carbonyl (C=O) groups excluding carboxylic acids is 1. The number of nitrogens with one attached hydrogen (secondary N) is 1. The molecule has 1 atom stereocenters. The Hall–Kier alpha value is -0.710. The second-order valence-electron chi connectivity index (χ2n) is 5.29. The van der Waals surface area contributed by atoms with E-state index >= 15 is 0 Å². The average Bonchev–Trinajstić information content (AvgIpc) is 2.90. The second-order valence-corrected chi connectivity index (χ2v) is 6.35. The Balaban J connectivity index is 0.00000147. The van der Waals surface area contributed by atoms with Crippen LogP contribution in [0.25, 0.3) is 0 Å². The maximum absolute atomic E-state index is 12.7. The molecule has 2 heterocycles. The first kappa shape index (κ1) is 15.7. The van der Waals surface area contributed by atoms with Crippen molar-refractivity contribution in [1.29, 1.82) is 0 Å². The van der Waals surface area contributed by atoms with E-state index in [-0.39, 0.29) is 18.3 Å². The molecule has 1 amide bonds. The van der Waals surface area contributed by atoms with Crippen molar-refractivity contribution in [3.8, 4) is 0 Å². The van der Waals surface area contributed by atoms with Gasteiger partial charge in [-0.3, -0.25) is 4.79 Å². The van der Waals surface area contributed by atoms with Gasteiger partial charge in [-0.2, -0.15) is 0 Å². The van der Waals surface area contributed by atoms with E-state index in [0.717, 1.165) is 31.7 Å². The summed E-state index contributed by atoms with van der Waals surface area (Å²) in [4.78, 5) is 16.0. The van der Waals surface area contributed by atoms with Crippen molar-refractivity contribution in [2.75, 3.05) is 25.9 Å². The summed E-state index contributed by atoms with van der Waals surface area (Å²) in [5, 5.41) is 3.31. The molecule has 1 unspecified atom stereocenters. The van der Waals surface area contributed by atoms with Crippen LogP contribution in [-0.4, -0.2) is 42.7 Å². The minimum absolute atomic E-state index is 0. The van der Waals surface area contributed by atoms with E-state index in [1.54, 1.807) is 0 Å². The van der Waals surface area contributed by atoms with E-state index < -0.39 is 0 Å². The molecule has 1 fully saturated rings. The summed E-state index contributed by atoms with van der Waals surface area (Å²) in [6.07, 6.45) is 2.15. The first-order valence-corrected chi connectivity index (χ1v) is 7.96. The van der Waals surface area contributed by atoms with Crippen molar-refractivity contribution in [3.63, 3.8) is 0 Å². The molecule has 0 aliphatic carbocycles. The first-order valence-electron chi connectivity index (χ1n) is 6.97. The van der Waals surface area contributed by atoms with Gasteiger partial charge in [0.25, 0.3) is 0 Å². The van der Waals surface area contributed by atoms with Crippen LogP contribution >= 0.6 is 24.2 Å². The lowest BCUT2D eigenvalue weighted by molar-refractivity contribution is -0.133. The number of piperidine rings is 1. The van der Waals surface area contributed by atoms with Gasteiger partial charge in [0.2, 0.25) is 5.91 Å². The predicted molar refractivity (Wildman–Crippen MR) is 85.8 cm³/mol. The van der Waals surface area contributed by atoms with Crippen molar-refractivity contribution in [2.24, 2.45) is 0 Å². The van der Waals surface area contributed by atoms with Gasteiger partial charge in [-0.05, 0) is 31.5 Å². The molecule has 3 nitrogen and oxygen atoms in total. The maximum atomic E-state index is 12.7. The van der Waals surface area contributed by atoms with Crippen molar-refractivity contribution in [2.45, 2.75) is 29.7 Å². The van der Waals surface area contributed by atoms with Crippen LogP contribution in [0.4, 0.5) is 0 Å². The fourth-order valence-corrected chi connectivity index (χ4v) is 4.20. The zero-order chi connectivity index (χ0) is 13.2. The summed E-state index contributed by atoms with van der Waals surface area (Å²) < 4.78 is 0. The number of fused-ring (bicyclic) bond motifs is 1. The molecule has 0 radical (unpaired) electrons. The van der Waals surface area contributed by atoms with Gasteiger partial charge in [0, 0.05) is 29.8 Å². The Morgan fingerprint density at radius 2 is 2.00 bits per heavy atom. The summed E-state index contributed by atoms with van der Waals surface area (Å²) >= 11 is 1.81. The van der Waals surface area contributed by atoms with Crippen LogP contribution in [-0.2, 0) is 4.79 Å². The van der Waals surface area contributed by atoms with Gasteiger partial charge < -0.3 is 10.2 Å². The number of carbonyl (C=O) groups is 1. The standard InChI is InChI=1S/C15H20N2OS.ClH/c1-16-11-6-8-17(9-7-11)15(18)13-10-19-14-5-3-2-4-12(13)14;/h2-5,11,13,16H,6-10H2,1H3;1H. The van der Waals surface area contributed by atoms with Crippen LogP contribution in [0.1, 0.15) is 24.3 Å². The number of hydrogen-bond donors (Lipinski definition) is 1. The number of likely N-dealkylation sites (tertiary alicyclic amines) is 1. The normalized spacial score (nSPS) is 22.2. The SMILES string of the molecule is CNC1CCN(C(=O)C2CSc3ccccc32)CC1.Cl. The van der Waals surface area contributed by atoms with Crippen molar-refractivity contribution < 1.29 is 4.79 Å². The van der Waals surface area contributed by atoms with Gasteiger partial charge in [-0.25, -0.2) is 0 Å². The lowest BCUT2D eigenvalue weighted by Gasteiger charge is -2.33. The zero-order valence-electron chi connectivity index (χ0n) is 11.7. The van der Waals surface area contributed by atoms with E-state index in [1.165, 1.54) is 10.5 Å². The van der Waals surface area contributed by atoms with Gasteiger partial charge in [-0.15, -0.1) is 24.2 Å². The largest absolute Gasteiger partial charge is 0.342 e. The Kier molecular flexibility index (Phi) is 5.35. The Labute approximate surface area is 130 Å². The van der Waals surface area contributed by atoms with E-state index in [4.69, 9.17) is 0 Å². The Morgan fingerprint density at radius 3 is 2.70 bits per heavy atom. The third-order valence-corrected chi connectivity index (χ3v) is 5.40. The lowest BCUT2D eigenvalue weighted by Crippen LogP contribution is -2.45. The Bertz CT molecular complexity index is 475. The molecule has 0 aromatic heterocycles. The van der Waals surface area contributed by atoms with Crippen molar-refractivity contribution in [3.05, 3.63) is 29.8 Å². The van der Waals surface area contributed by atoms with Gasteiger partial charge in [0.15, 0.2) is 0 Å². The molecule has 110 valence electrons. The Morgan fingerprint density at radius 1 is 1.30 bits per heavy atom. The van der Waals surface area contributed by atoms with Crippen LogP contribution in [0.3, 0.4) is 0 Å². The molecule has 20 heavy (non-hydrogen) atoms. The number of hydrogen-bond acceptors (Lipinski definition) is 3. The summed E-state index contributed by atoms with van der Waals surface area (Å²) in [5.74, 6) is 1.31. The molecular formula is C15H21ClN2OS. The van der Waals surface area contributed by atoms with Crippen LogP contribution in [0.15, 0.2) is 29.2 Å². The smallest absolute Gasteiger partial charge is 0.231 e. The minimum atomic E-state index is 0. The highest BCUT2D eigenvalue weighted by atomic mass is 35.5. The number of thioether (sulfide) groups is 1. The number of benzene rings is 1. The fourth-order valence-electron chi connectivity index (χ4n) is 2.98. The summed E-state index contributed by atoms with van der Waals surface area (Å²) in [6, 6.07) is 8.91. The van der Waals surface area contributed by atoms with E-state index in [9.17, 15) is 4.79 Å². The molecule has 2 aliphatic heterocycles. The molecule has 1 saturated heterocycles. The van der Waals surface area contributed by atoms with Gasteiger partial charge in [0.05, 0.1) is 5.92 Å². The average molecular weight is 313 g/mol. The van der Waals surface area contributed by atoms with Crippen molar-refractivity contribution in [1.82, 2.24) is 10.2 Å². The molecule has 3 rings (SSSR count). The number of rotatable bonds is 2. The van der Waals surface area contributed by atoms with Crippen LogP contribution in [0, 0.1) is 0 Å². The fraction of sp³-hybridized carbons (Fsp3) is 0.533. The summed E-state index contributed by atoms with van der Waals surface area (Å²) in [6.45, 7) is 1.79. The van der Waals surface area contributed by atoms with Crippen LogP contribution in [0.2, 0.25) is 0 Å². The van der Waals surface area contributed by atoms with Gasteiger partial charge in [0.1, 0.15) is 0 Å². The maximum Gasteiger partial charge on any atom is 0.231 e. The quantitative estimate of drug-likeness (QED) is 0.910. The zero-order valence-corrected chi connectivity index (χ0v) is 13.3. The summed E-state index contributed by atoms with van der Waals surface area (Å²) in [5.41, 5.74) is 1.23. The van der Waals surface area contributed by atoms with Gasteiger partial charge >= 0.3 is 0 Å². The molecule has 0 bridgehead atoms. The van der Waals surface area contributed by atoms with E-state index in [2.05, 4.69) is 28.4 Å². The third-order valence-electron chi connectivity index (χ3n) is 4.21. The molecule has 0 spiro atoms. The lowest BCUT2D eigenvalue weighted by atomic mass is 9.97. The third kappa shape index (κ3) is 2.97. The molecule has 1 aromatic carbocycles. The molecule has 5 heteroatoms. The van der Waals surface area contributed by atoms with E-state index in [1.807, 2.05) is 24.9 Å². The number of amides is 1. The second kappa shape index (κ2) is 6.83. The minimum Gasteiger partial charge on any atom is -0.342 e. The van der Waals surface area contributed by atoms with Crippen LogP contribution < -0.4 is 5.32 Å². The summed E-state index contributed by atoms with van der Waals surface area (Å²) in [7, 11) is 2.01. The highest BCUT2D eigenvalue weighted by Crippen LogP contribution is 2.40. The topological polar surface area (TPSA) is 32.3 Å². The highest BCUT2D eigenvalue weighted by molar-refractivity contribution is 7.99. The number of nitrogens with zero attached hydrogens (tertiary/aromatic N) is 1. The highest BCUT2D eigenvalue weighted by Gasteiger charge is 2.33. The van der Waals surface area contributed by atoms with Crippen molar-refractivity contribution >= 4 is 30.1 Å². The van der Waals surface area contributed by atoms with Gasteiger partial charge in [-0.1, -0.05) is 18.2 Å².